The smallest absolute Gasteiger partial charge is 0.335 e. The average Bonchev–Trinajstić information content (AvgIpc) is 2.77. The number of hydrogen-bond acceptors (Lipinski definition) is 5. The Morgan fingerprint density at radius 1 is 0.833 bits per heavy atom. The molecule has 0 heterocycles. The highest BCUT2D eigenvalue weighted by molar-refractivity contribution is 7.89. The summed E-state index contributed by atoms with van der Waals surface area (Å²) in [6.07, 6.45) is 0. The lowest BCUT2D eigenvalue weighted by Crippen LogP contribution is -2.41. The molecule has 0 spiro atoms. The van der Waals surface area contributed by atoms with Crippen molar-refractivity contribution in [3.8, 4) is 5.75 Å². The molecule has 0 aromatic heterocycles. The predicted molar refractivity (Wildman–Crippen MR) is 108 cm³/mol. The average molecular weight is 426 g/mol. The molecule has 0 bridgehead atoms. The fraction of sp³-hybridized carbons (Fsp3) is 0.0476. The minimum atomic E-state index is -4.05. The van der Waals surface area contributed by atoms with E-state index >= 15 is 0 Å². The van der Waals surface area contributed by atoms with Crippen molar-refractivity contribution in [2.75, 3.05) is 0 Å². The monoisotopic (exact) mass is 426 g/mol. The van der Waals surface area contributed by atoms with Crippen molar-refractivity contribution in [1.82, 2.24) is 10.3 Å². The van der Waals surface area contributed by atoms with Crippen LogP contribution in [0.1, 0.15) is 26.3 Å². The standard InChI is InChI=1S/C21H18N2O6S/c24-20(22-23-30(27,28)19-12-10-17(11-13-19)21(25)26)16-8-6-15(7-9-16)14-29-18-4-2-1-3-5-18/h1-13,23H,14H2,(H,22,24)(H,25,26). The summed E-state index contributed by atoms with van der Waals surface area (Å²) >= 11 is 0. The van der Waals surface area contributed by atoms with Crippen molar-refractivity contribution in [2.45, 2.75) is 11.5 Å². The third-order valence-electron chi connectivity index (χ3n) is 4.08. The highest BCUT2D eigenvalue weighted by Gasteiger charge is 2.16. The highest BCUT2D eigenvalue weighted by Crippen LogP contribution is 2.13. The van der Waals surface area contributed by atoms with Crippen molar-refractivity contribution in [3.63, 3.8) is 0 Å². The molecule has 3 aromatic rings. The van der Waals surface area contributed by atoms with Crippen LogP contribution in [0.5, 0.6) is 5.75 Å². The number of rotatable bonds is 8. The summed E-state index contributed by atoms with van der Waals surface area (Å²) in [6.45, 7) is 0.324. The zero-order valence-electron chi connectivity index (χ0n) is 15.6. The Kier molecular flexibility index (Phi) is 6.45. The van der Waals surface area contributed by atoms with Gasteiger partial charge in [-0.1, -0.05) is 30.3 Å². The first-order valence-electron chi connectivity index (χ1n) is 8.77. The van der Waals surface area contributed by atoms with Gasteiger partial charge >= 0.3 is 5.97 Å². The van der Waals surface area contributed by atoms with E-state index in [1.807, 2.05) is 35.2 Å². The number of hydrogen-bond donors (Lipinski definition) is 3. The van der Waals surface area contributed by atoms with Gasteiger partial charge in [0.2, 0.25) is 0 Å². The fourth-order valence-corrected chi connectivity index (χ4v) is 3.30. The molecule has 0 aliphatic rings. The molecule has 0 aliphatic heterocycles. The zero-order valence-corrected chi connectivity index (χ0v) is 16.4. The van der Waals surface area contributed by atoms with Crippen molar-refractivity contribution in [3.05, 3.63) is 95.6 Å². The van der Waals surface area contributed by atoms with Crippen molar-refractivity contribution >= 4 is 21.9 Å². The van der Waals surface area contributed by atoms with Gasteiger partial charge in [0.25, 0.3) is 15.9 Å². The van der Waals surface area contributed by atoms with Crippen LogP contribution in [0, 0.1) is 0 Å². The Bertz CT molecular complexity index is 1130. The number of sulfonamides is 1. The number of carbonyl (C=O) groups is 2. The van der Waals surface area contributed by atoms with Crippen LogP contribution in [-0.2, 0) is 16.6 Å². The largest absolute Gasteiger partial charge is 0.489 e. The van der Waals surface area contributed by atoms with E-state index in [1.54, 1.807) is 24.3 Å². The SMILES string of the molecule is O=C(O)c1ccc(S(=O)(=O)NNC(=O)c2ccc(COc3ccccc3)cc2)cc1. The second-order valence-electron chi connectivity index (χ2n) is 6.19. The Morgan fingerprint density at radius 3 is 2.03 bits per heavy atom. The first-order valence-corrected chi connectivity index (χ1v) is 10.3. The molecule has 0 saturated carbocycles. The third-order valence-corrected chi connectivity index (χ3v) is 5.34. The van der Waals surface area contributed by atoms with Gasteiger partial charge in [0, 0.05) is 5.56 Å². The van der Waals surface area contributed by atoms with Crippen molar-refractivity contribution in [2.24, 2.45) is 0 Å². The summed E-state index contributed by atoms with van der Waals surface area (Å²) in [5.41, 5.74) is 3.18. The van der Waals surface area contributed by atoms with E-state index in [0.717, 1.165) is 35.6 Å². The number of ether oxygens (including phenoxy) is 1. The number of benzene rings is 3. The van der Waals surface area contributed by atoms with Crippen LogP contribution in [0.3, 0.4) is 0 Å². The lowest BCUT2D eigenvalue weighted by molar-refractivity contribution is 0.0696. The summed E-state index contributed by atoms with van der Waals surface area (Å²) in [5.74, 6) is -1.08. The lowest BCUT2D eigenvalue weighted by atomic mass is 10.1. The van der Waals surface area contributed by atoms with Crippen molar-refractivity contribution in [1.29, 1.82) is 0 Å². The maximum Gasteiger partial charge on any atom is 0.335 e. The minimum Gasteiger partial charge on any atom is -0.489 e. The van der Waals surface area contributed by atoms with Gasteiger partial charge in [-0.2, -0.15) is 0 Å². The normalized spacial score (nSPS) is 10.9. The lowest BCUT2D eigenvalue weighted by Gasteiger charge is -2.10. The predicted octanol–water partition coefficient (Wildman–Crippen LogP) is 2.59. The molecule has 3 rings (SSSR count). The second-order valence-corrected chi connectivity index (χ2v) is 7.87. The maximum atomic E-state index is 12.2. The number of carboxylic acid groups (broad SMARTS) is 1. The number of hydrazine groups is 1. The van der Waals surface area contributed by atoms with Crippen LogP contribution in [0.4, 0.5) is 0 Å². The summed E-state index contributed by atoms with van der Waals surface area (Å²) < 4.78 is 30.1. The molecule has 0 atom stereocenters. The van der Waals surface area contributed by atoms with E-state index < -0.39 is 21.9 Å². The van der Waals surface area contributed by atoms with Gasteiger partial charge in [-0.3, -0.25) is 10.2 Å². The molecular weight excluding hydrogens is 408 g/mol. The van der Waals surface area contributed by atoms with E-state index in [-0.39, 0.29) is 16.0 Å². The number of carbonyl (C=O) groups excluding carboxylic acids is 1. The van der Waals surface area contributed by atoms with Gasteiger partial charge < -0.3 is 9.84 Å². The fourth-order valence-electron chi connectivity index (χ4n) is 2.46. The maximum absolute atomic E-state index is 12.2. The molecule has 0 aliphatic carbocycles. The molecule has 3 N–H and O–H groups in total. The number of aromatic carboxylic acids is 1. The molecule has 154 valence electrons. The van der Waals surface area contributed by atoms with E-state index in [0.29, 0.717) is 6.61 Å². The summed E-state index contributed by atoms with van der Waals surface area (Å²) in [7, 11) is -4.05. The van der Waals surface area contributed by atoms with E-state index in [4.69, 9.17) is 9.84 Å². The molecular formula is C21H18N2O6S. The van der Waals surface area contributed by atoms with Crippen molar-refractivity contribution < 1.29 is 27.9 Å². The zero-order chi connectivity index (χ0) is 21.6. The van der Waals surface area contributed by atoms with E-state index in [2.05, 4.69) is 5.43 Å². The molecule has 3 aromatic carbocycles. The van der Waals surface area contributed by atoms with Crippen LogP contribution in [0.15, 0.2) is 83.8 Å². The van der Waals surface area contributed by atoms with Crippen LogP contribution in [0.25, 0.3) is 0 Å². The first kappa shape index (κ1) is 21.0. The van der Waals surface area contributed by atoms with E-state index in [1.165, 1.54) is 0 Å². The number of nitrogens with one attached hydrogen (secondary N) is 2. The van der Waals surface area contributed by atoms with Gasteiger partial charge in [-0.05, 0) is 54.1 Å². The minimum absolute atomic E-state index is 0.0469. The van der Waals surface area contributed by atoms with Crippen LogP contribution in [0.2, 0.25) is 0 Å². The number of carboxylic acids is 1. The Labute approximate surface area is 173 Å². The number of amides is 1. The third kappa shape index (κ3) is 5.43. The molecule has 0 saturated heterocycles. The van der Waals surface area contributed by atoms with Crippen LogP contribution >= 0.6 is 0 Å². The molecule has 0 radical (unpaired) electrons. The Hall–Kier alpha value is -3.69. The molecule has 0 unspecified atom stereocenters. The van der Waals surface area contributed by atoms with Crippen LogP contribution < -0.4 is 15.0 Å². The molecule has 30 heavy (non-hydrogen) atoms. The van der Waals surface area contributed by atoms with Gasteiger partial charge in [0.15, 0.2) is 0 Å². The first-order chi connectivity index (χ1) is 14.3. The highest BCUT2D eigenvalue weighted by atomic mass is 32.2. The van der Waals surface area contributed by atoms with Gasteiger partial charge in [-0.15, -0.1) is 4.83 Å². The summed E-state index contributed by atoms with van der Waals surface area (Å²) in [6, 6.07) is 20.4. The van der Waals surface area contributed by atoms with E-state index in [9.17, 15) is 18.0 Å². The second kappa shape index (κ2) is 9.21. The quantitative estimate of drug-likeness (QED) is 0.476. The topological polar surface area (TPSA) is 122 Å². The van der Waals surface area contributed by atoms with Gasteiger partial charge in [-0.25, -0.2) is 13.2 Å². The molecule has 9 heteroatoms. The van der Waals surface area contributed by atoms with Gasteiger partial charge in [0.1, 0.15) is 12.4 Å². The van der Waals surface area contributed by atoms with Gasteiger partial charge in [0.05, 0.1) is 10.5 Å². The van der Waals surface area contributed by atoms with Crippen LogP contribution in [-0.4, -0.2) is 25.4 Å². The molecule has 1 amide bonds. The molecule has 8 nitrogen and oxygen atoms in total. The summed E-state index contributed by atoms with van der Waals surface area (Å²) in [5, 5.41) is 8.86. The Balaban J connectivity index is 1.56. The number of para-hydroxylation sites is 1. The summed E-state index contributed by atoms with van der Waals surface area (Å²) in [4.78, 5) is 24.9. The molecule has 0 fully saturated rings. The Morgan fingerprint density at radius 2 is 1.43 bits per heavy atom.